The number of nitrogens with one attached hydrogen (secondary N) is 1. The van der Waals surface area contributed by atoms with Gasteiger partial charge in [-0.25, -0.2) is 9.59 Å². The predicted molar refractivity (Wildman–Crippen MR) is 183 cm³/mol. The van der Waals surface area contributed by atoms with E-state index in [9.17, 15) is 19.2 Å². The fourth-order valence-electron chi connectivity index (χ4n) is 5.26. The Kier molecular flexibility index (Phi) is 19.4. The third-order valence-corrected chi connectivity index (χ3v) is 8.31. The number of para-hydroxylation sites is 1. The van der Waals surface area contributed by atoms with Crippen LogP contribution >= 0.6 is 11.6 Å². The van der Waals surface area contributed by atoms with E-state index < -0.39 is 29.0 Å². The summed E-state index contributed by atoms with van der Waals surface area (Å²) in [5.41, 5.74) is 0.324. The molecule has 1 atom stereocenters. The molecule has 1 amide bonds. The minimum atomic E-state index is -1.58. The lowest BCUT2D eigenvalue weighted by atomic mass is 10.0. The minimum absolute atomic E-state index is 0.0194. The molecule has 0 aliphatic rings. The highest BCUT2D eigenvalue weighted by Crippen LogP contribution is 2.24. The summed E-state index contributed by atoms with van der Waals surface area (Å²) in [7, 11) is 2.39. The molecule has 0 aliphatic carbocycles. The molecule has 254 valence electrons. The fraction of sp³-hybridized carbons (Fsp3) is 0.568. The molecular formula is C37H52ClNO7. The molecule has 0 aliphatic heterocycles. The number of carbonyl (C=O) groups is 4. The zero-order valence-corrected chi connectivity index (χ0v) is 28.6. The van der Waals surface area contributed by atoms with Crippen LogP contribution in [0.25, 0.3) is 0 Å². The number of ether oxygens (including phenoxy) is 3. The van der Waals surface area contributed by atoms with Crippen molar-refractivity contribution >= 4 is 40.9 Å². The smallest absolute Gasteiger partial charge is 0.337 e. The molecule has 2 aromatic rings. The largest absolute Gasteiger partial charge is 0.493 e. The Bertz CT molecular complexity index is 1200. The van der Waals surface area contributed by atoms with Crippen molar-refractivity contribution in [1.82, 2.24) is 0 Å². The van der Waals surface area contributed by atoms with Crippen molar-refractivity contribution in [3.05, 3.63) is 59.2 Å². The van der Waals surface area contributed by atoms with E-state index in [4.69, 9.17) is 25.8 Å². The third-order valence-electron chi connectivity index (χ3n) is 7.91. The molecule has 0 fully saturated rings. The van der Waals surface area contributed by atoms with Crippen LogP contribution in [0.15, 0.2) is 42.5 Å². The normalized spacial score (nSPS) is 11.5. The number of carbonyl (C=O) groups excluding carboxylic acids is 4. The standard InChI is InChI=1S/C37H52ClNO7/c1-4-5-6-7-8-9-10-11-12-13-14-15-16-17-18-21-24-46-32-23-20-19-22-31(32)34(40)33(38)35(41)39-30-26-28(36(42)44-2)25-29(27-30)37(43)45-3/h19-20,22-23,25-27,33H,4-18,21,24H2,1-3H3,(H,39,41)/t33-/m1/s1. The van der Waals surface area contributed by atoms with Crippen LogP contribution in [0.4, 0.5) is 5.69 Å². The fourth-order valence-corrected chi connectivity index (χ4v) is 5.43. The van der Waals surface area contributed by atoms with Gasteiger partial charge in [0.05, 0.1) is 37.5 Å². The molecule has 2 aromatic carbocycles. The Morgan fingerprint density at radius 2 is 1.13 bits per heavy atom. The highest BCUT2D eigenvalue weighted by molar-refractivity contribution is 6.45. The van der Waals surface area contributed by atoms with Gasteiger partial charge in [-0.05, 0) is 36.8 Å². The summed E-state index contributed by atoms with van der Waals surface area (Å²) in [6.45, 7) is 2.72. The molecule has 8 nitrogen and oxygen atoms in total. The van der Waals surface area contributed by atoms with Gasteiger partial charge in [-0.3, -0.25) is 9.59 Å². The summed E-state index contributed by atoms with van der Waals surface area (Å²) in [6.07, 6.45) is 20.6. The first kappa shape index (κ1) is 38.8. The number of unbranched alkanes of at least 4 members (excludes halogenated alkanes) is 15. The average Bonchev–Trinajstić information content (AvgIpc) is 3.08. The van der Waals surface area contributed by atoms with Gasteiger partial charge in [0.2, 0.25) is 5.91 Å². The molecule has 0 saturated carbocycles. The number of ketones is 1. The van der Waals surface area contributed by atoms with Gasteiger partial charge in [0.15, 0.2) is 11.2 Å². The molecule has 0 heterocycles. The average molecular weight is 658 g/mol. The van der Waals surface area contributed by atoms with Crippen molar-refractivity contribution in [3.63, 3.8) is 0 Å². The first-order valence-corrected chi connectivity index (χ1v) is 17.3. The van der Waals surface area contributed by atoms with Crippen molar-refractivity contribution in [2.24, 2.45) is 0 Å². The Balaban J connectivity index is 1.73. The monoisotopic (exact) mass is 657 g/mol. The number of rotatable bonds is 24. The van der Waals surface area contributed by atoms with Crippen LogP contribution < -0.4 is 10.1 Å². The number of esters is 2. The van der Waals surface area contributed by atoms with Crippen LogP contribution in [0.5, 0.6) is 5.75 Å². The first-order valence-electron chi connectivity index (χ1n) is 16.8. The predicted octanol–water partition coefficient (Wildman–Crippen LogP) is 9.33. The summed E-state index contributed by atoms with van der Waals surface area (Å²) in [4.78, 5) is 50.3. The lowest BCUT2D eigenvalue weighted by Gasteiger charge is -2.14. The van der Waals surface area contributed by atoms with Gasteiger partial charge in [-0.15, -0.1) is 11.6 Å². The molecule has 0 radical (unpaired) electrons. The van der Waals surface area contributed by atoms with Crippen LogP contribution in [-0.2, 0) is 14.3 Å². The topological polar surface area (TPSA) is 108 Å². The molecule has 0 bridgehead atoms. The second-order valence-corrected chi connectivity index (χ2v) is 12.1. The number of amides is 1. The Hall–Kier alpha value is -3.39. The molecule has 46 heavy (non-hydrogen) atoms. The Morgan fingerprint density at radius 3 is 1.61 bits per heavy atom. The summed E-state index contributed by atoms with van der Waals surface area (Å²) < 4.78 is 15.4. The van der Waals surface area contributed by atoms with Crippen molar-refractivity contribution in [3.8, 4) is 5.75 Å². The summed E-state index contributed by atoms with van der Waals surface area (Å²) in [5, 5.41) is 0.926. The lowest BCUT2D eigenvalue weighted by molar-refractivity contribution is -0.115. The maximum atomic E-state index is 13.2. The zero-order chi connectivity index (χ0) is 33.6. The molecule has 0 spiro atoms. The number of benzene rings is 2. The Morgan fingerprint density at radius 1 is 0.674 bits per heavy atom. The number of hydrogen-bond donors (Lipinski definition) is 1. The molecule has 1 N–H and O–H groups in total. The second-order valence-electron chi connectivity index (χ2n) is 11.6. The summed E-state index contributed by atoms with van der Waals surface area (Å²) in [6, 6.07) is 10.6. The molecule has 0 unspecified atom stereocenters. The molecule has 9 heteroatoms. The molecule has 2 rings (SSSR count). The van der Waals surface area contributed by atoms with Crippen molar-refractivity contribution in [1.29, 1.82) is 0 Å². The van der Waals surface area contributed by atoms with Gasteiger partial charge in [0.1, 0.15) is 5.75 Å². The van der Waals surface area contributed by atoms with E-state index in [0.29, 0.717) is 12.4 Å². The molecular weight excluding hydrogens is 606 g/mol. The first-order chi connectivity index (χ1) is 22.3. The SMILES string of the molecule is CCCCCCCCCCCCCCCCCCOc1ccccc1C(=O)[C@@H](Cl)C(=O)Nc1cc(C(=O)OC)cc(C(=O)OC)c1. The third kappa shape index (κ3) is 14.4. The van der Waals surface area contributed by atoms with Crippen LogP contribution in [0.3, 0.4) is 0 Å². The van der Waals surface area contributed by atoms with Gasteiger partial charge in [-0.1, -0.05) is 115 Å². The van der Waals surface area contributed by atoms with Gasteiger partial charge in [0.25, 0.3) is 0 Å². The van der Waals surface area contributed by atoms with Crippen LogP contribution in [-0.4, -0.2) is 49.8 Å². The lowest BCUT2D eigenvalue weighted by Crippen LogP contribution is -2.31. The van der Waals surface area contributed by atoms with Crippen LogP contribution in [0, 0.1) is 0 Å². The van der Waals surface area contributed by atoms with Gasteiger partial charge in [0, 0.05) is 5.69 Å². The Labute approximate surface area is 279 Å². The van der Waals surface area contributed by atoms with E-state index in [1.54, 1.807) is 24.3 Å². The van der Waals surface area contributed by atoms with E-state index in [-0.39, 0.29) is 22.4 Å². The van der Waals surface area contributed by atoms with Crippen LogP contribution in [0.1, 0.15) is 141 Å². The zero-order valence-electron chi connectivity index (χ0n) is 27.9. The quantitative estimate of drug-likeness (QED) is 0.0394. The molecule has 0 saturated heterocycles. The van der Waals surface area contributed by atoms with E-state index in [1.165, 1.54) is 116 Å². The van der Waals surface area contributed by atoms with Gasteiger partial charge < -0.3 is 19.5 Å². The van der Waals surface area contributed by atoms with Crippen molar-refractivity contribution in [2.75, 3.05) is 26.1 Å². The van der Waals surface area contributed by atoms with E-state index in [2.05, 4.69) is 12.2 Å². The number of alkyl halides is 1. The minimum Gasteiger partial charge on any atom is -0.493 e. The number of Topliss-reactive ketones (excluding diaryl/α,β-unsaturated/α-hetero) is 1. The summed E-state index contributed by atoms with van der Waals surface area (Å²) >= 11 is 6.30. The second kappa shape index (κ2) is 23.0. The highest BCUT2D eigenvalue weighted by Gasteiger charge is 2.28. The highest BCUT2D eigenvalue weighted by atomic mass is 35.5. The van der Waals surface area contributed by atoms with E-state index in [1.807, 2.05) is 0 Å². The summed E-state index contributed by atoms with van der Waals surface area (Å²) in [5.74, 6) is -2.51. The van der Waals surface area contributed by atoms with Gasteiger partial charge in [-0.2, -0.15) is 0 Å². The van der Waals surface area contributed by atoms with Crippen LogP contribution in [0.2, 0.25) is 0 Å². The van der Waals surface area contributed by atoms with Gasteiger partial charge >= 0.3 is 11.9 Å². The number of methoxy groups -OCH3 is 2. The van der Waals surface area contributed by atoms with E-state index >= 15 is 0 Å². The number of halogens is 1. The van der Waals surface area contributed by atoms with E-state index in [0.717, 1.165) is 19.3 Å². The van der Waals surface area contributed by atoms with Crippen molar-refractivity contribution in [2.45, 2.75) is 115 Å². The maximum absolute atomic E-state index is 13.2. The molecule has 0 aromatic heterocycles. The van der Waals surface area contributed by atoms with Crippen molar-refractivity contribution < 1.29 is 33.4 Å². The number of anilines is 1. The number of hydrogen-bond acceptors (Lipinski definition) is 7. The maximum Gasteiger partial charge on any atom is 0.337 e.